The topological polar surface area (TPSA) is 42.7 Å². The molecule has 1 aliphatic rings. The van der Waals surface area contributed by atoms with E-state index in [1.807, 2.05) is 0 Å². The lowest BCUT2D eigenvalue weighted by atomic mass is 10.1. The van der Waals surface area contributed by atoms with E-state index in [-0.39, 0.29) is 0 Å². The van der Waals surface area contributed by atoms with Crippen molar-refractivity contribution in [1.29, 1.82) is 0 Å². The predicted molar refractivity (Wildman–Crippen MR) is 59.9 cm³/mol. The van der Waals surface area contributed by atoms with Crippen LogP contribution in [0.3, 0.4) is 0 Å². The normalized spacial score (nSPS) is 21.9. The van der Waals surface area contributed by atoms with E-state index in [1.54, 1.807) is 0 Å². The second-order valence-corrected chi connectivity index (χ2v) is 4.10. The van der Waals surface area contributed by atoms with Gasteiger partial charge in [0.1, 0.15) is 5.82 Å². The Hall–Kier alpha value is -0.900. The van der Waals surface area contributed by atoms with Crippen LogP contribution < -0.4 is 5.32 Å². The Labute approximate surface area is 91.1 Å². The standard InChI is InChI=1S/C11H20N4/c1-3-10-13-11(4-2)15(14-10)9-6-5-7-12-8-9/h9,12H,3-8H2,1-2H3. The van der Waals surface area contributed by atoms with Crippen LogP contribution in [0.4, 0.5) is 0 Å². The molecule has 0 saturated carbocycles. The van der Waals surface area contributed by atoms with Gasteiger partial charge in [-0.3, -0.25) is 0 Å². The van der Waals surface area contributed by atoms with Crippen LogP contribution in [0.25, 0.3) is 0 Å². The summed E-state index contributed by atoms with van der Waals surface area (Å²) in [7, 11) is 0. The van der Waals surface area contributed by atoms with Crippen molar-refractivity contribution >= 4 is 0 Å². The molecule has 1 aromatic rings. The molecule has 1 unspecified atom stereocenters. The van der Waals surface area contributed by atoms with E-state index in [1.165, 1.54) is 12.8 Å². The van der Waals surface area contributed by atoms with Gasteiger partial charge in [-0.1, -0.05) is 13.8 Å². The van der Waals surface area contributed by atoms with E-state index in [0.717, 1.165) is 37.6 Å². The lowest BCUT2D eigenvalue weighted by molar-refractivity contribution is 0.337. The van der Waals surface area contributed by atoms with E-state index in [9.17, 15) is 0 Å². The molecule has 4 nitrogen and oxygen atoms in total. The zero-order chi connectivity index (χ0) is 10.7. The fourth-order valence-corrected chi connectivity index (χ4v) is 2.13. The first-order valence-corrected chi connectivity index (χ1v) is 6.00. The molecule has 1 aliphatic heterocycles. The highest BCUT2D eigenvalue weighted by Crippen LogP contribution is 2.17. The van der Waals surface area contributed by atoms with Crippen LogP contribution >= 0.6 is 0 Å². The fraction of sp³-hybridized carbons (Fsp3) is 0.818. The largest absolute Gasteiger partial charge is 0.315 e. The molecule has 0 spiro atoms. The minimum Gasteiger partial charge on any atom is -0.315 e. The Bertz CT molecular complexity index is 312. The van der Waals surface area contributed by atoms with Gasteiger partial charge in [0.25, 0.3) is 0 Å². The average Bonchev–Trinajstić information content (AvgIpc) is 2.73. The van der Waals surface area contributed by atoms with Crippen molar-refractivity contribution in [2.45, 2.75) is 45.6 Å². The van der Waals surface area contributed by atoms with E-state index < -0.39 is 0 Å². The molecule has 0 radical (unpaired) electrons. The summed E-state index contributed by atoms with van der Waals surface area (Å²) in [4.78, 5) is 4.55. The van der Waals surface area contributed by atoms with E-state index in [0.29, 0.717) is 6.04 Å². The minimum atomic E-state index is 0.515. The van der Waals surface area contributed by atoms with Crippen molar-refractivity contribution in [3.05, 3.63) is 11.6 Å². The van der Waals surface area contributed by atoms with Crippen molar-refractivity contribution in [3.8, 4) is 0 Å². The molecule has 1 fully saturated rings. The van der Waals surface area contributed by atoms with Gasteiger partial charge in [0, 0.05) is 19.4 Å². The molecule has 0 aliphatic carbocycles. The summed E-state index contributed by atoms with van der Waals surface area (Å²) < 4.78 is 2.14. The second kappa shape index (κ2) is 4.75. The molecule has 2 rings (SSSR count). The Morgan fingerprint density at radius 2 is 2.27 bits per heavy atom. The van der Waals surface area contributed by atoms with Gasteiger partial charge in [-0.05, 0) is 19.4 Å². The zero-order valence-electron chi connectivity index (χ0n) is 9.66. The summed E-state index contributed by atoms with van der Waals surface area (Å²) in [5.41, 5.74) is 0. The SMILES string of the molecule is CCc1nc(CC)n(C2CCCNC2)n1. The molecule has 1 aromatic heterocycles. The number of hydrogen-bond donors (Lipinski definition) is 1. The molecule has 1 saturated heterocycles. The molecule has 15 heavy (non-hydrogen) atoms. The summed E-state index contributed by atoms with van der Waals surface area (Å²) in [5, 5.41) is 8.01. The molecule has 4 heteroatoms. The zero-order valence-corrected chi connectivity index (χ0v) is 9.66. The molecule has 2 heterocycles. The molecule has 1 N–H and O–H groups in total. The van der Waals surface area contributed by atoms with Gasteiger partial charge in [0.15, 0.2) is 5.82 Å². The fourth-order valence-electron chi connectivity index (χ4n) is 2.13. The van der Waals surface area contributed by atoms with Crippen LogP contribution in [0.15, 0.2) is 0 Å². The highest BCUT2D eigenvalue weighted by Gasteiger charge is 2.19. The Morgan fingerprint density at radius 3 is 2.87 bits per heavy atom. The van der Waals surface area contributed by atoms with Crippen molar-refractivity contribution in [2.75, 3.05) is 13.1 Å². The maximum atomic E-state index is 4.59. The van der Waals surface area contributed by atoms with Gasteiger partial charge >= 0.3 is 0 Å². The minimum absolute atomic E-state index is 0.515. The summed E-state index contributed by atoms with van der Waals surface area (Å²) in [6, 6.07) is 0.515. The molecule has 84 valence electrons. The highest BCUT2D eigenvalue weighted by molar-refractivity contribution is 4.95. The third kappa shape index (κ3) is 2.20. The van der Waals surface area contributed by atoms with Crippen LogP contribution in [0.5, 0.6) is 0 Å². The Kier molecular flexibility index (Phi) is 3.36. The molecule has 0 bridgehead atoms. The highest BCUT2D eigenvalue weighted by atomic mass is 15.4. The summed E-state index contributed by atoms with van der Waals surface area (Å²) in [5.74, 6) is 2.12. The van der Waals surface area contributed by atoms with Crippen LogP contribution in [-0.4, -0.2) is 27.9 Å². The van der Waals surface area contributed by atoms with Crippen molar-refractivity contribution in [3.63, 3.8) is 0 Å². The van der Waals surface area contributed by atoms with Gasteiger partial charge in [-0.15, -0.1) is 0 Å². The van der Waals surface area contributed by atoms with Crippen molar-refractivity contribution in [1.82, 2.24) is 20.1 Å². The van der Waals surface area contributed by atoms with Crippen molar-refractivity contribution < 1.29 is 0 Å². The number of rotatable bonds is 3. The van der Waals surface area contributed by atoms with Crippen LogP contribution in [0.1, 0.15) is 44.4 Å². The van der Waals surface area contributed by atoms with Crippen LogP contribution in [0, 0.1) is 0 Å². The van der Waals surface area contributed by atoms with Gasteiger partial charge < -0.3 is 5.32 Å². The van der Waals surface area contributed by atoms with Gasteiger partial charge in [-0.2, -0.15) is 5.10 Å². The predicted octanol–water partition coefficient (Wildman–Crippen LogP) is 1.33. The first-order valence-electron chi connectivity index (χ1n) is 6.00. The number of nitrogens with zero attached hydrogens (tertiary/aromatic N) is 3. The average molecular weight is 208 g/mol. The van der Waals surface area contributed by atoms with E-state index >= 15 is 0 Å². The number of nitrogens with one attached hydrogen (secondary N) is 1. The van der Waals surface area contributed by atoms with Gasteiger partial charge in [0.2, 0.25) is 0 Å². The van der Waals surface area contributed by atoms with Crippen LogP contribution in [0.2, 0.25) is 0 Å². The second-order valence-electron chi connectivity index (χ2n) is 4.10. The molecule has 0 aromatic carbocycles. The summed E-state index contributed by atoms with van der Waals surface area (Å²) in [6.45, 7) is 6.45. The Morgan fingerprint density at radius 1 is 1.40 bits per heavy atom. The van der Waals surface area contributed by atoms with E-state index in [4.69, 9.17) is 0 Å². The number of aromatic nitrogens is 3. The maximum Gasteiger partial charge on any atom is 0.150 e. The first-order chi connectivity index (χ1) is 7.35. The third-order valence-electron chi connectivity index (χ3n) is 2.99. The molecule has 1 atom stereocenters. The van der Waals surface area contributed by atoms with Crippen LogP contribution in [-0.2, 0) is 12.8 Å². The quantitative estimate of drug-likeness (QED) is 0.815. The van der Waals surface area contributed by atoms with Gasteiger partial charge in [-0.25, -0.2) is 9.67 Å². The molecular weight excluding hydrogens is 188 g/mol. The molecular formula is C11H20N4. The summed E-state index contributed by atoms with van der Waals surface area (Å²) in [6.07, 6.45) is 4.38. The number of piperidine rings is 1. The van der Waals surface area contributed by atoms with Gasteiger partial charge in [0.05, 0.1) is 6.04 Å². The smallest absolute Gasteiger partial charge is 0.150 e. The number of hydrogen-bond acceptors (Lipinski definition) is 3. The molecule has 0 amide bonds. The third-order valence-corrected chi connectivity index (χ3v) is 2.99. The van der Waals surface area contributed by atoms with Crippen molar-refractivity contribution in [2.24, 2.45) is 0 Å². The lowest BCUT2D eigenvalue weighted by Gasteiger charge is -2.23. The lowest BCUT2D eigenvalue weighted by Crippen LogP contribution is -2.32. The first kappa shape index (κ1) is 10.6. The number of aryl methyl sites for hydroxylation is 2. The monoisotopic (exact) mass is 208 g/mol. The maximum absolute atomic E-state index is 4.59. The van der Waals surface area contributed by atoms with E-state index in [2.05, 4.69) is 33.9 Å². The summed E-state index contributed by atoms with van der Waals surface area (Å²) >= 11 is 0. The Balaban J connectivity index is 2.20.